The minimum Gasteiger partial charge on any atom is -0.449 e. The van der Waals surface area contributed by atoms with E-state index in [9.17, 15) is 14.4 Å². The summed E-state index contributed by atoms with van der Waals surface area (Å²) in [5, 5.41) is 10.9. The van der Waals surface area contributed by atoms with Crippen LogP contribution in [0.1, 0.15) is 33.2 Å². The molecule has 0 spiro atoms. The molecule has 0 fully saturated rings. The van der Waals surface area contributed by atoms with Crippen molar-refractivity contribution in [3.63, 3.8) is 0 Å². The molecule has 1 atom stereocenters. The standard InChI is InChI=1S/C26H16ClFN2O4/c1-13-19-10-15(27)4-9-21(19)33-24(13)26(31)32-17-7-8-18-22(11-17)34-25(30)20(12-29)23(18)14-2-5-16(28)6-3-14/h2-11,23H,30H2,1H3. The molecule has 0 saturated heterocycles. The number of nitrogens with zero attached hydrogens (tertiary/aromatic N) is 1. The van der Waals surface area contributed by atoms with E-state index in [0.29, 0.717) is 33.0 Å². The van der Waals surface area contributed by atoms with Crippen molar-refractivity contribution < 1.29 is 23.1 Å². The van der Waals surface area contributed by atoms with Crippen molar-refractivity contribution in [2.45, 2.75) is 12.8 Å². The zero-order valence-electron chi connectivity index (χ0n) is 17.8. The summed E-state index contributed by atoms with van der Waals surface area (Å²) in [5.74, 6) is -1.11. The van der Waals surface area contributed by atoms with Crippen LogP contribution < -0.4 is 15.2 Å². The molecule has 0 radical (unpaired) electrons. The summed E-state index contributed by atoms with van der Waals surface area (Å²) in [6.07, 6.45) is 0. The van der Waals surface area contributed by atoms with Gasteiger partial charge in [-0.3, -0.25) is 0 Å². The average Bonchev–Trinajstić information content (AvgIpc) is 3.14. The topological polar surface area (TPSA) is 98.5 Å². The molecule has 1 aliphatic rings. The van der Waals surface area contributed by atoms with Crippen molar-refractivity contribution in [1.29, 1.82) is 5.26 Å². The first kappa shape index (κ1) is 21.6. The van der Waals surface area contributed by atoms with E-state index >= 15 is 0 Å². The fourth-order valence-electron chi connectivity index (χ4n) is 4.04. The zero-order valence-corrected chi connectivity index (χ0v) is 18.5. The van der Waals surface area contributed by atoms with Gasteiger partial charge in [-0.05, 0) is 48.9 Å². The Balaban J connectivity index is 1.49. The van der Waals surface area contributed by atoms with Crippen LogP contribution in [0.5, 0.6) is 11.5 Å². The monoisotopic (exact) mass is 474 g/mol. The molecular formula is C26H16ClFN2O4. The molecule has 34 heavy (non-hydrogen) atoms. The first-order valence-electron chi connectivity index (χ1n) is 10.2. The molecule has 0 aliphatic carbocycles. The SMILES string of the molecule is Cc1c(C(=O)Oc2ccc3c(c2)OC(N)=C(C#N)C3c2ccc(F)cc2)oc2ccc(Cl)cc12. The van der Waals surface area contributed by atoms with Crippen molar-refractivity contribution in [3.8, 4) is 17.6 Å². The third kappa shape index (κ3) is 3.64. The number of carbonyl (C=O) groups is 1. The molecule has 1 aliphatic heterocycles. The molecule has 4 aromatic rings. The molecule has 1 unspecified atom stereocenters. The van der Waals surface area contributed by atoms with E-state index in [4.69, 9.17) is 31.2 Å². The normalized spacial score (nSPS) is 14.9. The summed E-state index contributed by atoms with van der Waals surface area (Å²) in [6.45, 7) is 1.75. The zero-order chi connectivity index (χ0) is 24.0. The minimum atomic E-state index is -0.683. The third-order valence-corrected chi connectivity index (χ3v) is 5.92. The van der Waals surface area contributed by atoms with Gasteiger partial charge in [0.05, 0.1) is 5.92 Å². The molecule has 168 valence electrons. The van der Waals surface area contributed by atoms with Gasteiger partial charge in [0.25, 0.3) is 0 Å². The molecule has 0 bridgehead atoms. The Morgan fingerprint density at radius 3 is 2.65 bits per heavy atom. The number of nitrogens with two attached hydrogens (primary N) is 1. The van der Waals surface area contributed by atoms with E-state index in [0.717, 1.165) is 5.39 Å². The lowest BCUT2D eigenvalue weighted by Gasteiger charge is -2.26. The van der Waals surface area contributed by atoms with Crippen LogP contribution in [0.15, 0.2) is 76.5 Å². The first-order valence-corrected chi connectivity index (χ1v) is 10.6. The molecule has 1 aromatic heterocycles. The number of aryl methyl sites for hydroxylation is 1. The number of hydrogen-bond donors (Lipinski definition) is 1. The molecule has 6 nitrogen and oxygen atoms in total. The Hall–Kier alpha value is -4.28. The highest BCUT2D eigenvalue weighted by Gasteiger charge is 2.31. The third-order valence-electron chi connectivity index (χ3n) is 5.69. The average molecular weight is 475 g/mol. The second-order valence-corrected chi connectivity index (χ2v) is 8.20. The summed E-state index contributed by atoms with van der Waals surface area (Å²) in [7, 11) is 0. The van der Waals surface area contributed by atoms with Crippen LogP contribution in [0.3, 0.4) is 0 Å². The molecule has 3 aromatic carbocycles. The van der Waals surface area contributed by atoms with E-state index in [2.05, 4.69) is 6.07 Å². The Bertz CT molecular complexity index is 1530. The van der Waals surface area contributed by atoms with Gasteiger partial charge in [-0.2, -0.15) is 5.26 Å². The number of esters is 1. The lowest BCUT2D eigenvalue weighted by molar-refractivity contribution is 0.0702. The summed E-state index contributed by atoms with van der Waals surface area (Å²) in [4.78, 5) is 12.8. The second kappa shape index (κ2) is 8.25. The fraction of sp³-hybridized carbons (Fsp3) is 0.0769. The van der Waals surface area contributed by atoms with Crippen molar-refractivity contribution in [2.75, 3.05) is 0 Å². The molecule has 8 heteroatoms. The molecule has 0 saturated carbocycles. The van der Waals surface area contributed by atoms with Gasteiger partial charge < -0.3 is 19.6 Å². The maximum atomic E-state index is 13.4. The van der Waals surface area contributed by atoms with Crippen LogP contribution in [-0.2, 0) is 0 Å². The van der Waals surface area contributed by atoms with Gasteiger partial charge >= 0.3 is 5.97 Å². The molecular weight excluding hydrogens is 459 g/mol. The van der Waals surface area contributed by atoms with Gasteiger partial charge in [-0.15, -0.1) is 0 Å². The second-order valence-electron chi connectivity index (χ2n) is 7.76. The van der Waals surface area contributed by atoms with Crippen molar-refractivity contribution in [3.05, 3.63) is 105 Å². The maximum absolute atomic E-state index is 13.4. The van der Waals surface area contributed by atoms with Crippen LogP contribution in [0.4, 0.5) is 4.39 Å². The fourth-order valence-corrected chi connectivity index (χ4v) is 4.21. The number of ether oxygens (including phenoxy) is 2. The van der Waals surface area contributed by atoms with Crippen molar-refractivity contribution >= 4 is 28.5 Å². The minimum absolute atomic E-state index is 0.0614. The highest BCUT2D eigenvalue weighted by atomic mass is 35.5. The van der Waals surface area contributed by atoms with Gasteiger partial charge in [0, 0.05) is 27.6 Å². The van der Waals surface area contributed by atoms with E-state index in [-0.39, 0.29) is 23.0 Å². The number of nitriles is 1. The summed E-state index contributed by atoms with van der Waals surface area (Å²) in [5.41, 5.74) is 8.65. The molecule has 5 rings (SSSR count). The van der Waals surface area contributed by atoms with Crippen LogP contribution in [0, 0.1) is 24.1 Å². The quantitative estimate of drug-likeness (QED) is 0.290. The van der Waals surface area contributed by atoms with E-state index in [1.807, 2.05) is 0 Å². The predicted octanol–water partition coefficient (Wildman–Crippen LogP) is 5.97. The number of fused-ring (bicyclic) bond motifs is 2. The highest BCUT2D eigenvalue weighted by molar-refractivity contribution is 6.31. The highest BCUT2D eigenvalue weighted by Crippen LogP contribution is 2.43. The van der Waals surface area contributed by atoms with E-state index in [1.54, 1.807) is 49.4 Å². The molecule has 0 amide bonds. The molecule has 2 heterocycles. The van der Waals surface area contributed by atoms with Crippen LogP contribution in [0.2, 0.25) is 5.02 Å². The van der Waals surface area contributed by atoms with Gasteiger partial charge in [0.1, 0.15) is 34.5 Å². The number of carbonyl (C=O) groups excluding carboxylic acids is 1. The van der Waals surface area contributed by atoms with Crippen molar-refractivity contribution in [1.82, 2.24) is 0 Å². The lowest BCUT2D eigenvalue weighted by atomic mass is 9.83. The number of rotatable bonds is 3. The number of benzene rings is 3. The summed E-state index contributed by atoms with van der Waals surface area (Å²) < 4.78 is 30.3. The Labute approximate surface area is 198 Å². The maximum Gasteiger partial charge on any atom is 0.379 e. The van der Waals surface area contributed by atoms with Gasteiger partial charge in [0.2, 0.25) is 11.6 Å². The van der Waals surface area contributed by atoms with Gasteiger partial charge in [-0.25, -0.2) is 9.18 Å². The van der Waals surface area contributed by atoms with Crippen molar-refractivity contribution in [2.24, 2.45) is 5.73 Å². The van der Waals surface area contributed by atoms with E-state index in [1.165, 1.54) is 18.2 Å². The predicted molar refractivity (Wildman–Crippen MR) is 123 cm³/mol. The largest absolute Gasteiger partial charge is 0.449 e. The number of hydrogen-bond acceptors (Lipinski definition) is 6. The summed E-state index contributed by atoms with van der Waals surface area (Å²) in [6, 6.07) is 17.7. The van der Waals surface area contributed by atoms with Crippen LogP contribution >= 0.6 is 11.6 Å². The number of allylic oxidation sites excluding steroid dienone is 1. The molecule has 2 N–H and O–H groups in total. The van der Waals surface area contributed by atoms with Crippen LogP contribution in [0.25, 0.3) is 11.0 Å². The smallest absolute Gasteiger partial charge is 0.379 e. The summed E-state index contributed by atoms with van der Waals surface area (Å²) >= 11 is 6.05. The number of halogens is 2. The Kier molecular flexibility index (Phi) is 5.23. The number of furan rings is 1. The van der Waals surface area contributed by atoms with Gasteiger partial charge in [0.15, 0.2) is 0 Å². The first-order chi connectivity index (χ1) is 16.4. The van der Waals surface area contributed by atoms with Gasteiger partial charge in [-0.1, -0.05) is 29.8 Å². The van der Waals surface area contributed by atoms with Crippen LogP contribution in [-0.4, -0.2) is 5.97 Å². The Morgan fingerprint density at radius 1 is 1.15 bits per heavy atom. The lowest BCUT2D eigenvalue weighted by Crippen LogP contribution is -2.21. The Morgan fingerprint density at radius 2 is 1.91 bits per heavy atom. The van der Waals surface area contributed by atoms with E-state index < -0.39 is 17.7 Å².